The van der Waals surface area contributed by atoms with Gasteiger partial charge >= 0.3 is 0 Å². The van der Waals surface area contributed by atoms with Gasteiger partial charge in [-0.2, -0.15) is 0 Å². The van der Waals surface area contributed by atoms with Crippen molar-refractivity contribution in [3.63, 3.8) is 0 Å². The van der Waals surface area contributed by atoms with E-state index in [0.29, 0.717) is 11.8 Å². The minimum atomic E-state index is 0.215. The predicted octanol–water partition coefficient (Wildman–Crippen LogP) is 4.24. The van der Waals surface area contributed by atoms with E-state index in [-0.39, 0.29) is 6.10 Å². The van der Waals surface area contributed by atoms with Crippen LogP contribution in [-0.4, -0.2) is 6.10 Å². The fraction of sp³-hybridized carbons (Fsp3) is 0.467. The molecule has 86 valence electrons. The molecule has 1 atom stereocenters. The molecule has 1 unspecified atom stereocenters. The second-order valence-electron chi connectivity index (χ2n) is 5.11. The normalized spacial score (nSPS) is 18.8. The molecular weight excluding hydrogens is 196 g/mol. The largest absolute Gasteiger partial charge is 0.485 e. The third kappa shape index (κ3) is 1.99. The molecule has 1 heterocycles. The maximum absolute atomic E-state index is 6.10. The molecule has 0 spiro atoms. The summed E-state index contributed by atoms with van der Waals surface area (Å²) in [7, 11) is 0. The van der Waals surface area contributed by atoms with Crippen molar-refractivity contribution < 1.29 is 4.74 Å². The molecule has 16 heavy (non-hydrogen) atoms. The van der Waals surface area contributed by atoms with Crippen LogP contribution in [0.5, 0.6) is 5.75 Å². The van der Waals surface area contributed by atoms with Crippen LogP contribution in [-0.2, 0) is 0 Å². The van der Waals surface area contributed by atoms with E-state index >= 15 is 0 Å². The lowest BCUT2D eigenvalue weighted by Gasteiger charge is -2.27. The van der Waals surface area contributed by atoms with Crippen LogP contribution >= 0.6 is 0 Å². The number of hydrogen-bond acceptors (Lipinski definition) is 1. The highest BCUT2D eigenvalue weighted by Gasteiger charge is 2.20. The highest BCUT2D eigenvalue weighted by Crippen LogP contribution is 2.35. The summed E-state index contributed by atoms with van der Waals surface area (Å²) >= 11 is 0. The van der Waals surface area contributed by atoms with Gasteiger partial charge in [-0.05, 0) is 23.5 Å². The van der Waals surface area contributed by atoms with Crippen LogP contribution in [0.2, 0.25) is 0 Å². The summed E-state index contributed by atoms with van der Waals surface area (Å²) < 4.78 is 6.10. The van der Waals surface area contributed by atoms with Gasteiger partial charge in [-0.25, -0.2) is 0 Å². The highest BCUT2D eigenvalue weighted by atomic mass is 16.5. The maximum Gasteiger partial charge on any atom is 0.130 e. The summed E-state index contributed by atoms with van der Waals surface area (Å²) in [5.41, 5.74) is 2.52. The zero-order chi connectivity index (χ0) is 11.7. The lowest BCUT2D eigenvalue weighted by atomic mass is 9.95. The second-order valence-corrected chi connectivity index (χ2v) is 5.11. The van der Waals surface area contributed by atoms with Crippen molar-refractivity contribution in [3.05, 3.63) is 35.4 Å². The van der Waals surface area contributed by atoms with E-state index < -0.39 is 0 Å². The summed E-state index contributed by atoms with van der Waals surface area (Å²) in [6.07, 6.45) is 4.57. The van der Waals surface area contributed by atoms with Crippen LogP contribution in [0.3, 0.4) is 0 Å². The fourth-order valence-electron chi connectivity index (χ4n) is 2.03. The van der Waals surface area contributed by atoms with Crippen LogP contribution in [0.1, 0.15) is 44.7 Å². The molecule has 1 aliphatic rings. The summed E-state index contributed by atoms with van der Waals surface area (Å²) in [6.45, 7) is 8.80. The van der Waals surface area contributed by atoms with Gasteiger partial charge in [0.1, 0.15) is 11.9 Å². The smallest absolute Gasteiger partial charge is 0.130 e. The summed E-state index contributed by atoms with van der Waals surface area (Å²) in [6, 6.07) is 6.39. The Kier molecular flexibility index (Phi) is 3.04. The van der Waals surface area contributed by atoms with Crippen molar-refractivity contribution in [1.29, 1.82) is 0 Å². The molecule has 1 heteroatoms. The topological polar surface area (TPSA) is 9.23 Å². The van der Waals surface area contributed by atoms with Crippen LogP contribution in [0.4, 0.5) is 0 Å². The van der Waals surface area contributed by atoms with E-state index in [1.54, 1.807) is 0 Å². The Labute approximate surface area is 98.1 Å². The lowest BCUT2D eigenvalue weighted by molar-refractivity contribution is 0.192. The molecule has 1 aromatic carbocycles. The van der Waals surface area contributed by atoms with Crippen molar-refractivity contribution in [2.24, 2.45) is 5.92 Å². The Balaban J connectivity index is 2.41. The minimum absolute atomic E-state index is 0.215. The molecule has 1 nitrogen and oxygen atoms in total. The molecule has 0 radical (unpaired) electrons. The van der Waals surface area contributed by atoms with Crippen LogP contribution in [0.25, 0.3) is 6.08 Å². The average Bonchev–Trinajstić information content (AvgIpc) is 2.27. The van der Waals surface area contributed by atoms with Crippen molar-refractivity contribution in [2.75, 3.05) is 0 Å². The third-order valence-electron chi connectivity index (χ3n) is 3.07. The molecule has 1 aromatic rings. The van der Waals surface area contributed by atoms with Crippen LogP contribution < -0.4 is 4.74 Å². The zero-order valence-electron chi connectivity index (χ0n) is 10.5. The molecule has 1 aliphatic heterocycles. The molecule has 0 saturated carbocycles. The van der Waals surface area contributed by atoms with E-state index in [4.69, 9.17) is 4.74 Å². The molecule has 2 rings (SSSR count). The van der Waals surface area contributed by atoms with E-state index in [2.05, 4.69) is 58.0 Å². The first kappa shape index (κ1) is 11.3. The van der Waals surface area contributed by atoms with Crippen molar-refractivity contribution in [2.45, 2.75) is 39.7 Å². The number of benzene rings is 1. The van der Waals surface area contributed by atoms with Gasteiger partial charge in [-0.15, -0.1) is 0 Å². The third-order valence-corrected chi connectivity index (χ3v) is 3.07. The Morgan fingerprint density at radius 1 is 1.12 bits per heavy atom. The van der Waals surface area contributed by atoms with Gasteiger partial charge in [-0.3, -0.25) is 0 Å². The Bertz CT molecular complexity index is 402. The number of hydrogen-bond donors (Lipinski definition) is 0. The van der Waals surface area contributed by atoms with Gasteiger partial charge in [0.05, 0.1) is 0 Å². The minimum Gasteiger partial charge on any atom is -0.485 e. The van der Waals surface area contributed by atoms with Gasteiger partial charge in [-0.1, -0.05) is 52.0 Å². The standard InChI is InChI=1S/C15H20O/c1-10(2)13-7-5-6-12-8-9-14(11(3)4)16-15(12)13/h5-11,14H,1-4H3. The number of fused-ring (bicyclic) bond motifs is 1. The van der Waals surface area contributed by atoms with E-state index in [1.807, 2.05) is 0 Å². The van der Waals surface area contributed by atoms with Crippen molar-refractivity contribution >= 4 is 6.08 Å². The number of ether oxygens (including phenoxy) is 1. The molecule has 0 aromatic heterocycles. The summed E-state index contributed by atoms with van der Waals surface area (Å²) in [4.78, 5) is 0. The van der Waals surface area contributed by atoms with E-state index in [9.17, 15) is 0 Å². The Morgan fingerprint density at radius 2 is 1.88 bits per heavy atom. The number of rotatable bonds is 2. The molecule has 0 fully saturated rings. The van der Waals surface area contributed by atoms with Crippen LogP contribution in [0.15, 0.2) is 24.3 Å². The fourth-order valence-corrected chi connectivity index (χ4v) is 2.03. The van der Waals surface area contributed by atoms with E-state index in [0.717, 1.165) is 5.75 Å². The van der Waals surface area contributed by atoms with E-state index in [1.165, 1.54) is 11.1 Å². The maximum atomic E-state index is 6.10. The summed E-state index contributed by atoms with van der Waals surface area (Å²) in [5.74, 6) is 2.11. The second kappa shape index (κ2) is 4.32. The zero-order valence-corrected chi connectivity index (χ0v) is 10.5. The number of para-hydroxylation sites is 1. The quantitative estimate of drug-likeness (QED) is 0.718. The van der Waals surface area contributed by atoms with Crippen molar-refractivity contribution in [1.82, 2.24) is 0 Å². The molecule has 0 bridgehead atoms. The first-order valence-corrected chi connectivity index (χ1v) is 6.07. The molecule has 0 aliphatic carbocycles. The Morgan fingerprint density at radius 3 is 2.50 bits per heavy atom. The molecule has 0 amide bonds. The van der Waals surface area contributed by atoms with Crippen molar-refractivity contribution in [3.8, 4) is 5.75 Å². The van der Waals surface area contributed by atoms with Crippen LogP contribution in [0, 0.1) is 5.92 Å². The molecule has 0 N–H and O–H groups in total. The predicted molar refractivity (Wildman–Crippen MR) is 68.8 cm³/mol. The molecule has 0 saturated heterocycles. The first-order valence-electron chi connectivity index (χ1n) is 6.07. The average molecular weight is 216 g/mol. The monoisotopic (exact) mass is 216 g/mol. The van der Waals surface area contributed by atoms with Gasteiger partial charge in [0.15, 0.2) is 0 Å². The van der Waals surface area contributed by atoms with Gasteiger partial charge in [0.2, 0.25) is 0 Å². The molecular formula is C15H20O. The SMILES string of the molecule is CC(C)c1cccc2c1OC(C(C)C)C=C2. The highest BCUT2D eigenvalue weighted by molar-refractivity contribution is 5.63. The first-order chi connectivity index (χ1) is 7.59. The lowest BCUT2D eigenvalue weighted by Crippen LogP contribution is -2.23. The van der Waals surface area contributed by atoms with Gasteiger partial charge < -0.3 is 4.74 Å². The van der Waals surface area contributed by atoms with Gasteiger partial charge in [0.25, 0.3) is 0 Å². The Hall–Kier alpha value is -1.24. The van der Waals surface area contributed by atoms with Gasteiger partial charge in [0, 0.05) is 5.56 Å². The summed E-state index contributed by atoms with van der Waals surface area (Å²) in [5, 5.41) is 0.